The molecule has 1 N–H and O–H groups in total. The Morgan fingerprint density at radius 1 is 0.850 bits per heavy atom. The minimum atomic E-state index is -4.59. The van der Waals surface area contributed by atoms with Gasteiger partial charge < -0.3 is 10.2 Å². The maximum atomic E-state index is 13.7. The van der Waals surface area contributed by atoms with E-state index in [-0.39, 0.29) is 11.3 Å². The molecule has 0 atom stereocenters. The Morgan fingerprint density at radius 2 is 1.60 bits per heavy atom. The summed E-state index contributed by atoms with van der Waals surface area (Å²) in [7, 11) is 0. The zero-order valence-corrected chi connectivity index (χ0v) is 22.1. The van der Waals surface area contributed by atoms with Crippen molar-refractivity contribution in [3.8, 4) is 11.3 Å². The first-order valence-corrected chi connectivity index (χ1v) is 13.0. The quantitative estimate of drug-likeness (QED) is 0.198. The van der Waals surface area contributed by atoms with Crippen molar-refractivity contribution >= 4 is 22.4 Å². The molecule has 0 amide bonds. The second-order valence-corrected chi connectivity index (χ2v) is 9.36. The number of hydrogen-bond donors (Lipinski definition) is 1. The lowest BCUT2D eigenvalue weighted by molar-refractivity contribution is -0.138. The predicted octanol–water partition coefficient (Wildman–Crippen LogP) is 8.14. The molecule has 2 aromatic carbocycles. The number of pyridine rings is 1. The highest BCUT2D eigenvalue weighted by atomic mass is 19.4. The van der Waals surface area contributed by atoms with Crippen LogP contribution in [0.1, 0.15) is 43.6 Å². The minimum Gasteiger partial charge on any atom is -0.340 e. The van der Waals surface area contributed by atoms with Crippen LogP contribution in [0.2, 0.25) is 0 Å². The maximum Gasteiger partial charge on any atom is 0.418 e. The van der Waals surface area contributed by atoms with Crippen molar-refractivity contribution in [2.24, 2.45) is 0 Å². The molecular weight excluding hydrogens is 532 g/mol. The van der Waals surface area contributed by atoms with E-state index in [4.69, 9.17) is 0 Å². The molecular formula is C29H29F6N5. The third-order valence-electron chi connectivity index (χ3n) is 6.53. The fourth-order valence-corrected chi connectivity index (χ4v) is 4.34. The molecule has 0 saturated heterocycles. The summed E-state index contributed by atoms with van der Waals surface area (Å²) in [6, 6.07) is 11.4. The highest BCUT2D eigenvalue weighted by Gasteiger charge is 2.34. The molecule has 0 aliphatic rings. The highest BCUT2D eigenvalue weighted by Crippen LogP contribution is 2.37. The number of alkyl halides is 6. The smallest absolute Gasteiger partial charge is 0.340 e. The van der Waals surface area contributed by atoms with Crippen LogP contribution < -0.4 is 5.32 Å². The summed E-state index contributed by atoms with van der Waals surface area (Å²) in [6.45, 7) is 6.62. The third-order valence-corrected chi connectivity index (χ3v) is 6.53. The summed E-state index contributed by atoms with van der Waals surface area (Å²) in [5, 5.41) is 3.58. The molecule has 0 saturated carbocycles. The number of benzene rings is 2. The number of nitrogens with zero attached hydrogens (tertiary/aromatic N) is 4. The molecule has 0 unspecified atom stereocenters. The van der Waals surface area contributed by atoms with Crippen molar-refractivity contribution in [2.75, 3.05) is 25.0 Å². The van der Waals surface area contributed by atoms with Gasteiger partial charge in [0.05, 0.1) is 22.3 Å². The molecule has 0 aliphatic carbocycles. The van der Waals surface area contributed by atoms with E-state index in [2.05, 4.69) is 39.0 Å². The van der Waals surface area contributed by atoms with Crippen LogP contribution in [0.4, 0.5) is 37.8 Å². The normalized spacial score (nSPS) is 12.3. The number of halogens is 6. The molecule has 2 aromatic heterocycles. The standard InChI is InChI=1S/C29H29F6N5/c1-3-5-16-40(4-2)17-14-25-38-24-18-19(26-23(29(33,34)35)7-6-15-36-26)8-13-22(24)27(39-25)37-21-11-9-20(10-12-21)28(30,31)32/h6-13,15,18H,3-5,14,16-17H2,1-2H3,(H,37,38,39). The lowest BCUT2D eigenvalue weighted by Gasteiger charge is -2.20. The molecule has 2 heterocycles. The monoisotopic (exact) mass is 561 g/mol. The van der Waals surface area contributed by atoms with Gasteiger partial charge in [0.1, 0.15) is 11.6 Å². The van der Waals surface area contributed by atoms with Crippen molar-refractivity contribution in [1.29, 1.82) is 0 Å². The molecule has 11 heteroatoms. The summed E-state index contributed by atoms with van der Waals surface area (Å²) in [5.41, 5.74) is -0.841. The molecule has 4 rings (SSSR count). The van der Waals surface area contributed by atoms with E-state index in [1.807, 2.05) is 0 Å². The second kappa shape index (κ2) is 12.2. The molecule has 4 aromatic rings. The van der Waals surface area contributed by atoms with Crippen LogP contribution in [0, 0.1) is 0 Å². The van der Waals surface area contributed by atoms with Gasteiger partial charge in [-0.05, 0) is 68.0 Å². The topological polar surface area (TPSA) is 53.9 Å². The van der Waals surface area contributed by atoms with E-state index >= 15 is 0 Å². The van der Waals surface area contributed by atoms with Crippen molar-refractivity contribution in [3.05, 3.63) is 77.7 Å². The number of anilines is 2. The van der Waals surface area contributed by atoms with Crippen LogP contribution in [0.25, 0.3) is 22.2 Å². The maximum absolute atomic E-state index is 13.7. The second-order valence-electron chi connectivity index (χ2n) is 9.36. The molecule has 0 radical (unpaired) electrons. The van der Waals surface area contributed by atoms with Crippen molar-refractivity contribution in [1.82, 2.24) is 19.9 Å². The summed E-state index contributed by atoms with van der Waals surface area (Å²) < 4.78 is 80.1. The SMILES string of the molecule is CCCCN(CC)CCc1nc(Nc2ccc(C(F)(F)F)cc2)c2ccc(-c3ncccc3C(F)(F)F)cc2n1. The van der Waals surface area contributed by atoms with E-state index in [9.17, 15) is 26.3 Å². The zero-order valence-electron chi connectivity index (χ0n) is 22.1. The van der Waals surface area contributed by atoms with Gasteiger partial charge in [-0.1, -0.05) is 26.3 Å². The summed E-state index contributed by atoms with van der Waals surface area (Å²) in [6.07, 6.45) is -5.17. The van der Waals surface area contributed by atoms with Crippen molar-refractivity contribution in [3.63, 3.8) is 0 Å². The number of rotatable bonds is 10. The Labute approximate surface area is 228 Å². The number of likely N-dealkylation sites (N-methyl/N-ethyl adjacent to an activating group) is 1. The van der Waals surface area contributed by atoms with Crippen LogP contribution in [0.15, 0.2) is 60.8 Å². The van der Waals surface area contributed by atoms with Crippen LogP contribution >= 0.6 is 0 Å². The number of unbranched alkanes of at least 4 members (excludes halogenated alkanes) is 1. The van der Waals surface area contributed by atoms with Gasteiger partial charge in [0.25, 0.3) is 0 Å². The lowest BCUT2D eigenvalue weighted by atomic mass is 10.0. The first-order valence-electron chi connectivity index (χ1n) is 13.0. The zero-order chi connectivity index (χ0) is 28.9. The predicted molar refractivity (Wildman–Crippen MR) is 143 cm³/mol. The Morgan fingerprint density at radius 3 is 2.25 bits per heavy atom. The number of fused-ring (bicyclic) bond motifs is 1. The largest absolute Gasteiger partial charge is 0.418 e. The van der Waals surface area contributed by atoms with Crippen LogP contribution in [0.3, 0.4) is 0 Å². The fourth-order valence-electron chi connectivity index (χ4n) is 4.34. The Balaban J connectivity index is 1.75. The Kier molecular flexibility index (Phi) is 8.92. The minimum absolute atomic E-state index is 0.217. The summed E-state index contributed by atoms with van der Waals surface area (Å²) >= 11 is 0. The van der Waals surface area contributed by atoms with Gasteiger partial charge in [-0.2, -0.15) is 26.3 Å². The Hall–Kier alpha value is -3.73. The highest BCUT2D eigenvalue weighted by molar-refractivity contribution is 5.93. The van der Waals surface area contributed by atoms with Gasteiger partial charge >= 0.3 is 12.4 Å². The average molecular weight is 562 g/mol. The lowest BCUT2D eigenvalue weighted by Crippen LogP contribution is -2.27. The van der Waals surface area contributed by atoms with E-state index in [1.165, 1.54) is 36.5 Å². The molecule has 0 aliphatic heterocycles. The molecule has 212 valence electrons. The van der Waals surface area contributed by atoms with Crippen LogP contribution in [-0.4, -0.2) is 39.5 Å². The van der Waals surface area contributed by atoms with Crippen LogP contribution in [0.5, 0.6) is 0 Å². The van der Waals surface area contributed by atoms with E-state index in [0.29, 0.717) is 41.2 Å². The number of nitrogens with one attached hydrogen (secondary N) is 1. The van der Waals surface area contributed by atoms with Gasteiger partial charge in [0, 0.05) is 35.8 Å². The van der Waals surface area contributed by atoms with Gasteiger partial charge in [-0.3, -0.25) is 4.98 Å². The van der Waals surface area contributed by atoms with Crippen molar-refractivity contribution in [2.45, 2.75) is 45.5 Å². The van der Waals surface area contributed by atoms with Crippen molar-refractivity contribution < 1.29 is 26.3 Å². The number of aromatic nitrogens is 3. The van der Waals surface area contributed by atoms with E-state index < -0.39 is 23.5 Å². The summed E-state index contributed by atoms with van der Waals surface area (Å²) in [5.74, 6) is 0.811. The molecule has 5 nitrogen and oxygen atoms in total. The number of hydrogen-bond acceptors (Lipinski definition) is 5. The Bertz CT molecular complexity index is 1430. The van der Waals surface area contributed by atoms with E-state index in [1.54, 1.807) is 6.07 Å². The average Bonchev–Trinajstić information content (AvgIpc) is 2.92. The first kappa shape index (κ1) is 29.3. The fraction of sp³-hybridized carbons (Fsp3) is 0.345. The van der Waals surface area contributed by atoms with Gasteiger partial charge in [-0.15, -0.1) is 0 Å². The molecule has 40 heavy (non-hydrogen) atoms. The first-order chi connectivity index (χ1) is 19.0. The van der Waals surface area contributed by atoms with Gasteiger partial charge in [0.15, 0.2) is 0 Å². The molecule has 0 bridgehead atoms. The third kappa shape index (κ3) is 7.07. The molecule has 0 fully saturated rings. The van der Waals surface area contributed by atoms with E-state index in [0.717, 1.165) is 44.1 Å². The van der Waals surface area contributed by atoms with Gasteiger partial charge in [-0.25, -0.2) is 9.97 Å². The van der Waals surface area contributed by atoms with Gasteiger partial charge in [0.2, 0.25) is 0 Å². The molecule has 0 spiro atoms. The summed E-state index contributed by atoms with van der Waals surface area (Å²) in [4.78, 5) is 15.5. The van der Waals surface area contributed by atoms with Crippen LogP contribution in [-0.2, 0) is 18.8 Å².